The van der Waals surface area contributed by atoms with E-state index in [-0.39, 0.29) is 5.92 Å². The van der Waals surface area contributed by atoms with Crippen LogP contribution in [-0.2, 0) is 13.2 Å². The van der Waals surface area contributed by atoms with Crippen molar-refractivity contribution in [2.45, 2.75) is 84.4 Å². The van der Waals surface area contributed by atoms with Crippen molar-refractivity contribution in [2.75, 3.05) is 0 Å². The summed E-state index contributed by atoms with van der Waals surface area (Å²) in [5.74, 6) is 3.26. The van der Waals surface area contributed by atoms with Crippen LogP contribution >= 0.6 is 0 Å². The molecule has 27 heavy (non-hydrogen) atoms. The molecule has 0 aliphatic heterocycles. The lowest BCUT2D eigenvalue weighted by atomic mass is 9.85. The van der Waals surface area contributed by atoms with E-state index in [1.165, 1.54) is 38.5 Å². The molecule has 1 atom stereocenters. The number of nitrogens with one attached hydrogen (secondary N) is 1. The topological polar surface area (TPSA) is 60.2 Å². The number of rotatable bonds is 9. The van der Waals surface area contributed by atoms with Crippen molar-refractivity contribution in [3.05, 3.63) is 41.5 Å². The fourth-order valence-electron chi connectivity index (χ4n) is 3.78. The largest absolute Gasteiger partial charge is 0.483 e. The second-order valence-corrected chi connectivity index (χ2v) is 8.12. The summed E-state index contributed by atoms with van der Waals surface area (Å²) in [7, 11) is 0. The lowest BCUT2D eigenvalue weighted by Gasteiger charge is -2.25. The van der Waals surface area contributed by atoms with Crippen LogP contribution in [0.2, 0.25) is 0 Å². The summed E-state index contributed by atoms with van der Waals surface area (Å²) in [5, 5.41) is 7.66. The number of aromatic nitrogens is 2. The molecule has 1 aliphatic carbocycles. The van der Waals surface area contributed by atoms with Crippen molar-refractivity contribution >= 4 is 0 Å². The van der Waals surface area contributed by atoms with Gasteiger partial charge in [-0.1, -0.05) is 69.3 Å². The fraction of sp³-hybridized carbons (Fsp3) is 0.636. The van der Waals surface area contributed by atoms with Crippen LogP contribution in [0.3, 0.4) is 0 Å². The lowest BCUT2D eigenvalue weighted by Crippen LogP contribution is -2.28. The van der Waals surface area contributed by atoms with Crippen molar-refractivity contribution in [2.24, 2.45) is 5.92 Å². The first kappa shape index (κ1) is 19.9. The molecule has 1 saturated carbocycles. The van der Waals surface area contributed by atoms with Gasteiger partial charge in [-0.05, 0) is 25.3 Å². The summed E-state index contributed by atoms with van der Waals surface area (Å²) in [6.45, 7) is 7.50. The zero-order valence-corrected chi connectivity index (χ0v) is 16.9. The van der Waals surface area contributed by atoms with E-state index in [0.29, 0.717) is 18.5 Å². The van der Waals surface area contributed by atoms with Gasteiger partial charge in [-0.3, -0.25) is 0 Å². The third kappa shape index (κ3) is 6.06. The number of hydrogen-bond acceptors (Lipinski definition) is 5. The van der Waals surface area contributed by atoms with Crippen molar-refractivity contribution in [3.8, 4) is 5.75 Å². The normalized spacial score (nSPS) is 16.6. The molecule has 5 nitrogen and oxygen atoms in total. The van der Waals surface area contributed by atoms with Gasteiger partial charge in [0.2, 0.25) is 0 Å². The highest BCUT2D eigenvalue weighted by molar-refractivity contribution is 5.33. The summed E-state index contributed by atoms with van der Waals surface area (Å²) in [6, 6.07) is 8.69. The molecule has 1 N–H and O–H groups in total. The van der Waals surface area contributed by atoms with E-state index in [9.17, 15) is 0 Å². The van der Waals surface area contributed by atoms with Crippen molar-refractivity contribution in [3.63, 3.8) is 0 Å². The van der Waals surface area contributed by atoms with Gasteiger partial charge in [-0.2, -0.15) is 4.98 Å². The molecule has 3 rings (SSSR count). The minimum Gasteiger partial charge on any atom is -0.483 e. The maximum Gasteiger partial charge on any atom is 0.264 e. The van der Waals surface area contributed by atoms with Crippen LogP contribution in [0.25, 0.3) is 0 Å². The molecule has 0 amide bonds. The minimum atomic E-state index is 0.254. The second-order valence-electron chi connectivity index (χ2n) is 8.12. The van der Waals surface area contributed by atoms with Gasteiger partial charge in [0.05, 0.1) is 0 Å². The molecule has 1 aliphatic rings. The third-order valence-corrected chi connectivity index (χ3v) is 5.38. The Bertz CT molecular complexity index is 692. The van der Waals surface area contributed by atoms with Crippen LogP contribution in [-0.4, -0.2) is 16.2 Å². The van der Waals surface area contributed by atoms with Crippen molar-refractivity contribution < 1.29 is 9.26 Å². The number of benzene rings is 1. The first-order chi connectivity index (χ1) is 13.1. The Morgan fingerprint density at radius 3 is 2.67 bits per heavy atom. The lowest BCUT2D eigenvalue weighted by molar-refractivity contribution is 0.239. The van der Waals surface area contributed by atoms with Gasteiger partial charge in [0.25, 0.3) is 5.89 Å². The highest BCUT2D eigenvalue weighted by Gasteiger charge is 2.17. The van der Waals surface area contributed by atoms with Crippen LogP contribution in [0.5, 0.6) is 5.75 Å². The molecule has 0 saturated heterocycles. The van der Waals surface area contributed by atoms with E-state index in [1.807, 2.05) is 26.0 Å². The Hall–Kier alpha value is -1.88. The first-order valence-electron chi connectivity index (χ1n) is 10.4. The zero-order valence-electron chi connectivity index (χ0n) is 16.9. The molecular formula is C22H33N3O2. The standard InChI is InChI=1S/C22H33N3O2/c1-16(2)22-24-21(27-25-22)15-26-20-12-8-7-11-19(20)14-23-17(3)13-18-9-5-4-6-10-18/h7-8,11-12,16-18,23H,4-6,9-10,13-15H2,1-3H3. The van der Waals surface area contributed by atoms with Crippen LogP contribution in [0.15, 0.2) is 28.8 Å². The van der Waals surface area contributed by atoms with Crippen molar-refractivity contribution in [1.82, 2.24) is 15.5 Å². The predicted octanol–water partition coefficient (Wildman–Crippen LogP) is 5.22. The molecular weight excluding hydrogens is 338 g/mol. The summed E-state index contributed by atoms with van der Waals surface area (Å²) in [4.78, 5) is 4.38. The molecule has 5 heteroatoms. The highest BCUT2D eigenvalue weighted by Crippen LogP contribution is 2.27. The summed E-state index contributed by atoms with van der Waals surface area (Å²) in [6.07, 6.45) is 8.29. The quantitative estimate of drug-likeness (QED) is 0.655. The van der Waals surface area contributed by atoms with E-state index >= 15 is 0 Å². The third-order valence-electron chi connectivity index (χ3n) is 5.38. The molecule has 0 spiro atoms. The number of ether oxygens (including phenoxy) is 1. The first-order valence-corrected chi connectivity index (χ1v) is 10.4. The van der Waals surface area contributed by atoms with Gasteiger partial charge in [-0.15, -0.1) is 0 Å². The Morgan fingerprint density at radius 1 is 1.15 bits per heavy atom. The van der Waals surface area contributed by atoms with Gasteiger partial charge in [0, 0.05) is 24.1 Å². The maximum atomic E-state index is 5.96. The van der Waals surface area contributed by atoms with Gasteiger partial charge in [0.1, 0.15) is 5.75 Å². The molecule has 148 valence electrons. The number of nitrogens with zero attached hydrogens (tertiary/aromatic N) is 2. The highest BCUT2D eigenvalue weighted by atomic mass is 16.5. The number of hydrogen-bond donors (Lipinski definition) is 1. The van der Waals surface area contributed by atoms with Gasteiger partial charge in [-0.25, -0.2) is 0 Å². The zero-order chi connectivity index (χ0) is 19.1. The number of para-hydroxylation sites is 1. The average Bonchev–Trinajstić information content (AvgIpc) is 3.15. The van der Waals surface area contributed by atoms with Crippen LogP contribution in [0.4, 0.5) is 0 Å². The smallest absolute Gasteiger partial charge is 0.264 e. The van der Waals surface area contributed by atoms with Crippen LogP contribution in [0.1, 0.15) is 82.5 Å². The maximum absolute atomic E-state index is 5.96. The molecule has 1 aromatic carbocycles. The van der Waals surface area contributed by atoms with Gasteiger partial charge < -0.3 is 14.6 Å². The Balaban J connectivity index is 1.50. The Morgan fingerprint density at radius 2 is 1.93 bits per heavy atom. The molecule has 1 fully saturated rings. The Kier molecular flexibility index (Phi) is 7.27. The Labute approximate surface area is 162 Å². The van der Waals surface area contributed by atoms with Crippen LogP contribution in [0, 0.1) is 5.92 Å². The van der Waals surface area contributed by atoms with E-state index in [1.54, 1.807) is 0 Å². The SMILES string of the molecule is CC(CC1CCCCC1)NCc1ccccc1OCc1nc(C(C)C)no1. The molecule has 0 bridgehead atoms. The van der Waals surface area contributed by atoms with Gasteiger partial charge in [0.15, 0.2) is 12.4 Å². The van der Waals surface area contributed by atoms with E-state index in [2.05, 4.69) is 34.5 Å². The predicted molar refractivity (Wildman–Crippen MR) is 107 cm³/mol. The second kappa shape index (κ2) is 9.88. The fourth-order valence-corrected chi connectivity index (χ4v) is 3.78. The van der Waals surface area contributed by atoms with Crippen LogP contribution < -0.4 is 10.1 Å². The molecule has 1 heterocycles. The van der Waals surface area contributed by atoms with E-state index in [4.69, 9.17) is 9.26 Å². The molecule has 1 unspecified atom stereocenters. The van der Waals surface area contributed by atoms with E-state index in [0.717, 1.165) is 29.6 Å². The summed E-state index contributed by atoms with van der Waals surface area (Å²) >= 11 is 0. The monoisotopic (exact) mass is 371 g/mol. The molecule has 0 radical (unpaired) electrons. The van der Waals surface area contributed by atoms with Gasteiger partial charge >= 0.3 is 0 Å². The molecule has 1 aromatic heterocycles. The molecule has 2 aromatic rings. The minimum absolute atomic E-state index is 0.254. The van der Waals surface area contributed by atoms with Crippen molar-refractivity contribution in [1.29, 1.82) is 0 Å². The average molecular weight is 372 g/mol. The van der Waals surface area contributed by atoms with E-state index < -0.39 is 0 Å². The summed E-state index contributed by atoms with van der Waals surface area (Å²) < 4.78 is 11.2. The summed E-state index contributed by atoms with van der Waals surface area (Å²) in [5.41, 5.74) is 1.16.